The fourth-order valence-corrected chi connectivity index (χ4v) is 7.39. The van der Waals surface area contributed by atoms with Crippen LogP contribution in [-0.2, 0) is 11.3 Å². The minimum Gasteiger partial charge on any atom is -0.497 e. The molecule has 0 spiro atoms. The highest BCUT2D eigenvalue weighted by molar-refractivity contribution is 5.94. The molecule has 3 aromatic carbocycles. The summed E-state index contributed by atoms with van der Waals surface area (Å²) in [6, 6.07) is 13.8. The molecule has 1 aliphatic carbocycles. The number of methoxy groups -OCH3 is 1. The molecule has 1 aliphatic heterocycles. The predicted molar refractivity (Wildman–Crippen MR) is 217 cm³/mol. The number of carbonyl (C=O) groups is 2. The highest BCUT2D eigenvalue weighted by atomic mass is 19.2. The Labute approximate surface area is 346 Å². The largest absolute Gasteiger partial charge is 0.497 e. The first-order valence-corrected chi connectivity index (χ1v) is 20.2. The fraction of sp³-hybridized carbons (Fsp3) is 0.432. The van der Waals surface area contributed by atoms with Crippen molar-refractivity contribution >= 4 is 22.9 Å². The van der Waals surface area contributed by atoms with E-state index in [1.54, 1.807) is 41.6 Å². The summed E-state index contributed by atoms with van der Waals surface area (Å²) >= 11 is 0. The highest BCUT2D eigenvalue weighted by Crippen LogP contribution is 2.34. The van der Waals surface area contributed by atoms with Crippen LogP contribution < -0.4 is 19.5 Å². The van der Waals surface area contributed by atoms with E-state index in [0.29, 0.717) is 49.6 Å². The second-order valence-corrected chi connectivity index (χ2v) is 16.2. The van der Waals surface area contributed by atoms with Gasteiger partial charge in [0.2, 0.25) is 5.82 Å². The number of piperazine rings is 1. The molecule has 0 unspecified atom stereocenters. The van der Waals surface area contributed by atoms with Gasteiger partial charge < -0.3 is 29.2 Å². The molecule has 3 heterocycles. The van der Waals surface area contributed by atoms with Crippen LogP contribution in [0, 0.1) is 23.4 Å². The van der Waals surface area contributed by atoms with Gasteiger partial charge in [-0.15, -0.1) is 0 Å². The van der Waals surface area contributed by atoms with E-state index in [1.807, 2.05) is 49.8 Å². The van der Waals surface area contributed by atoms with Crippen molar-refractivity contribution in [2.45, 2.75) is 64.7 Å². The maximum Gasteiger partial charge on any atom is 0.410 e. The SMILES string of the molecule is COc1ccc(COc2c(F)cc(C(=O)NCC3CCC(n4cc5ccc(-c6cnc(OCCN7CCN(C(=O)OC(C)(C)C)CC7)nc6)cc5n4)CC3)c(F)c2F)cc1. The number of ether oxygens (including phenoxy) is 4. The van der Waals surface area contributed by atoms with Gasteiger partial charge in [0, 0.05) is 68.8 Å². The van der Waals surface area contributed by atoms with E-state index in [-0.39, 0.29) is 31.2 Å². The maximum absolute atomic E-state index is 15.0. The average Bonchev–Trinajstić information content (AvgIpc) is 3.68. The molecule has 318 valence electrons. The Balaban J connectivity index is 0.852. The van der Waals surface area contributed by atoms with Crippen molar-refractivity contribution in [3.8, 4) is 28.6 Å². The van der Waals surface area contributed by atoms with Gasteiger partial charge in [-0.3, -0.25) is 14.4 Å². The first-order chi connectivity index (χ1) is 28.8. The summed E-state index contributed by atoms with van der Waals surface area (Å²) in [6.45, 7) is 9.43. The van der Waals surface area contributed by atoms with Crippen molar-refractivity contribution < 1.29 is 41.7 Å². The van der Waals surface area contributed by atoms with E-state index in [0.717, 1.165) is 60.8 Å². The van der Waals surface area contributed by atoms with E-state index in [1.165, 1.54) is 7.11 Å². The van der Waals surface area contributed by atoms with Crippen LogP contribution in [0.5, 0.6) is 17.5 Å². The zero-order chi connectivity index (χ0) is 42.4. The maximum atomic E-state index is 15.0. The lowest BCUT2D eigenvalue weighted by Crippen LogP contribution is -2.50. The molecule has 60 heavy (non-hydrogen) atoms. The number of carbonyl (C=O) groups excluding carboxylic acids is 2. The Hall–Kier alpha value is -5.90. The number of halogens is 3. The molecule has 2 fully saturated rings. The molecule has 16 heteroatoms. The smallest absolute Gasteiger partial charge is 0.410 e. The molecule has 2 aliphatic rings. The topological polar surface area (TPSA) is 133 Å². The molecular formula is C44H50F3N7O6. The summed E-state index contributed by atoms with van der Waals surface area (Å²) in [4.78, 5) is 38.0. The van der Waals surface area contributed by atoms with Gasteiger partial charge in [-0.05, 0) is 87.8 Å². The Kier molecular flexibility index (Phi) is 13.1. The number of fused-ring (bicyclic) bond motifs is 1. The molecule has 2 amide bonds. The number of rotatable bonds is 13. The van der Waals surface area contributed by atoms with E-state index in [2.05, 4.69) is 20.2 Å². The van der Waals surface area contributed by atoms with E-state index < -0.39 is 40.3 Å². The molecule has 0 bridgehead atoms. The van der Waals surface area contributed by atoms with Crippen molar-refractivity contribution in [1.82, 2.24) is 34.9 Å². The summed E-state index contributed by atoms with van der Waals surface area (Å²) in [5.74, 6) is -5.24. The summed E-state index contributed by atoms with van der Waals surface area (Å²) in [5.41, 5.74) is 1.96. The van der Waals surface area contributed by atoms with Crippen molar-refractivity contribution in [1.29, 1.82) is 0 Å². The zero-order valence-corrected chi connectivity index (χ0v) is 34.3. The van der Waals surface area contributed by atoms with Crippen LogP contribution >= 0.6 is 0 Å². The Morgan fingerprint density at radius 1 is 0.867 bits per heavy atom. The van der Waals surface area contributed by atoms with Crippen LogP contribution in [0.25, 0.3) is 22.0 Å². The average molecular weight is 830 g/mol. The van der Waals surface area contributed by atoms with Gasteiger partial charge in [-0.25, -0.2) is 23.5 Å². The monoisotopic (exact) mass is 829 g/mol. The third-order valence-electron chi connectivity index (χ3n) is 10.8. The number of nitrogens with one attached hydrogen (secondary N) is 1. The van der Waals surface area contributed by atoms with E-state index >= 15 is 0 Å². The number of amides is 2. The Morgan fingerprint density at radius 3 is 2.27 bits per heavy atom. The number of benzene rings is 3. The zero-order valence-electron chi connectivity index (χ0n) is 34.3. The number of hydrogen-bond acceptors (Lipinski definition) is 10. The number of aromatic nitrogens is 4. The van der Waals surface area contributed by atoms with Crippen molar-refractivity contribution in [2.24, 2.45) is 5.92 Å². The van der Waals surface area contributed by atoms with Gasteiger partial charge in [0.05, 0.1) is 24.2 Å². The third kappa shape index (κ3) is 10.4. The molecule has 0 atom stereocenters. The number of hydrogen-bond donors (Lipinski definition) is 1. The van der Waals surface area contributed by atoms with Crippen molar-refractivity contribution in [3.05, 3.63) is 95.7 Å². The normalized spacial score (nSPS) is 17.4. The summed E-state index contributed by atoms with van der Waals surface area (Å²) in [7, 11) is 1.52. The minimum atomic E-state index is -1.55. The lowest BCUT2D eigenvalue weighted by molar-refractivity contribution is 0.0136. The molecular weight excluding hydrogens is 780 g/mol. The highest BCUT2D eigenvalue weighted by Gasteiger charge is 2.28. The lowest BCUT2D eigenvalue weighted by atomic mass is 9.86. The summed E-state index contributed by atoms with van der Waals surface area (Å²) in [5, 5.41) is 8.55. The fourth-order valence-electron chi connectivity index (χ4n) is 7.39. The summed E-state index contributed by atoms with van der Waals surface area (Å²) in [6.07, 6.45) is 8.42. The second-order valence-electron chi connectivity index (χ2n) is 16.2. The van der Waals surface area contributed by atoms with Crippen LogP contribution in [0.3, 0.4) is 0 Å². The number of nitrogens with zero attached hydrogens (tertiary/aromatic N) is 6. The molecule has 0 radical (unpaired) electrons. The van der Waals surface area contributed by atoms with Gasteiger partial charge in [-0.1, -0.05) is 24.3 Å². The molecule has 13 nitrogen and oxygen atoms in total. The molecule has 1 saturated heterocycles. The standard InChI is InChI=1S/C44H50F3N7O6/c1-44(2,3)60-43(56)53-17-15-52(16-18-53)19-20-58-42-49-24-32(25-50-42)30-9-10-31-26-54(51-37(31)21-30)33-11-5-28(6-12-33)23-48-41(55)35-22-36(45)40(39(47)38(35)46)59-27-29-7-13-34(57-4)14-8-29/h7-10,13-14,21-22,24-26,28,33H,5-6,11-12,15-20,23,27H2,1-4H3,(H,48,55). The Bertz CT molecular complexity index is 2270. The van der Waals surface area contributed by atoms with Gasteiger partial charge in [-0.2, -0.15) is 9.49 Å². The van der Waals surface area contributed by atoms with E-state index in [9.17, 15) is 22.8 Å². The molecule has 7 rings (SSSR count). The lowest BCUT2D eigenvalue weighted by Gasteiger charge is -2.35. The first-order valence-electron chi connectivity index (χ1n) is 20.2. The Morgan fingerprint density at radius 2 is 1.58 bits per heavy atom. The van der Waals surface area contributed by atoms with Crippen LogP contribution in [0.4, 0.5) is 18.0 Å². The van der Waals surface area contributed by atoms with Crippen LogP contribution in [0.1, 0.15) is 68.4 Å². The van der Waals surface area contributed by atoms with Crippen LogP contribution in [-0.4, -0.2) is 100 Å². The molecule has 5 aromatic rings. The third-order valence-corrected chi connectivity index (χ3v) is 10.8. The van der Waals surface area contributed by atoms with Crippen molar-refractivity contribution in [3.63, 3.8) is 0 Å². The van der Waals surface area contributed by atoms with Crippen LogP contribution in [0.15, 0.2) is 67.1 Å². The predicted octanol–water partition coefficient (Wildman–Crippen LogP) is 7.59. The van der Waals surface area contributed by atoms with E-state index in [4.69, 9.17) is 24.0 Å². The van der Waals surface area contributed by atoms with Gasteiger partial charge in [0.15, 0.2) is 17.4 Å². The second kappa shape index (κ2) is 18.6. The molecule has 2 aromatic heterocycles. The summed E-state index contributed by atoms with van der Waals surface area (Å²) < 4.78 is 68.3. The van der Waals surface area contributed by atoms with Crippen LogP contribution in [0.2, 0.25) is 0 Å². The van der Waals surface area contributed by atoms with Gasteiger partial charge >= 0.3 is 12.1 Å². The first kappa shape index (κ1) is 42.2. The molecule has 1 saturated carbocycles. The van der Waals surface area contributed by atoms with Crippen molar-refractivity contribution in [2.75, 3.05) is 53.0 Å². The quantitative estimate of drug-likeness (QED) is 0.118. The van der Waals surface area contributed by atoms with Gasteiger partial charge in [0.25, 0.3) is 5.91 Å². The minimum absolute atomic E-state index is 0.111. The van der Waals surface area contributed by atoms with Gasteiger partial charge in [0.1, 0.15) is 24.6 Å². The molecule has 1 N–H and O–H groups in total.